The van der Waals surface area contributed by atoms with Crippen molar-refractivity contribution in [1.82, 2.24) is 10.2 Å². The van der Waals surface area contributed by atoms with E-state index in [1.165, 1.54) is 6.42 Å². The van der Waals surface area contributed by atoms with E-state index in [1.807, 2.05) is 24.3 Å². The van der Waals surface area contributed by atoms with Crippen molar-refractivity contribution < 1.29 is 4.74 Å². The fourth-order valence-electron chi connectivity index (χ4n) is 2.11. The Kier molecular flexibility index (Phi) is 5.47. The lowest BCUT2D eigenvalue weighted by molar-refractivity contribution is 0.122. The van der Waals surface area contributed by atoms with Crippen LogP contribution in [0.1, 0.15) is 13.3 Å². The van der Waals surface area contributed by atoms with Gasteiger partial charge in [0.2, 0.25) is 0 Å². The van der Waals surface area contributed by atoms with Crippen molar-refractivity contribution in [3.8, 4) is 5.75 Å². The predicted octanol–water partition coefficient (Wildman–Crippen LogP) is 2.51. The molecule has 1 heterocycles. The second-order valence-electron chi connectivity index (χ2n) is 4.65. The van der Waals surface area contributed by atoms with Crippen LogP contribution in [0.3, 0.4) is 0 Å². The van der Waals surface area contributed by atoms with Crippen molar-refractivity contribution in [3.05, 3.63) is 28.7 Å². The minimum atomic E-state index is 0.707. The summed E-state index contributed by atoms with van der Waals surface area (Å²) >= 11 is 3.42. The van der Waals surface area contributed by atoms with Crippen LogP contribution >= 0.6 is 15.9 Å². The van der Waals surface area contributed by atoms with Crippen LogP contribution in [0.5, 0.6) is 5.75 Å². The highest BCUT2D eigenvalue weighted by molar-refractivity contribution is 9.10. The van der Waals surface area contributed by atoms with E-state index in [0.717, 1.165) is 43.0 Å². The minimum absolute atomic E-state index is 0.707. The van der Waals surface area contributed by atoms with E-state index in [1.54, 1.807) is 0 Å². The average molecular weight is 313 g/mol. The molecule has 18 heavy (non-hydrogen) atoms. The molecule has 100 valence electrons. The number of hydrogen-bond acceptors (Lipinski definition) is 3. The second kappa shape index (κ2) is 7.12. The molecule has 4 heteroatoms. The molecule has 1 saturated heterocycles. The average Bonchev–Trinajstić information content (AvgIpc) is 2.30. The van der Waals surface area contributed by atoms with Gasteiger partial charge in [-0.05, 0) is 37.2 Å². The molecule has 0 saturated carbocycles. The zero-order valence-corrected chi connectivity index (χ0v) is 12.4. The first-order valence-corrected chi connectivity index (χ1v) is 7.42. The molecule has 1 N–H and O–H groups in total. The van der Waals surface area contributed by atoms with Crippen molar-refractivity contribution in [3.63, 3.8) is 0 Å². The second-order valence-corrected chi connectivity index (χ2v) is 5.57. The highest BCUT2D eigenvalue weighted by atomic mass is 79.9. The predicted molar refractivity (Wildman–Crippen MR) is 78.2 cm³/mol. The van der Waals surface area contributed by atoms with Crippen molar-refractivity contribution in [2.75, 3.05) is 32.8 Å². The number of benzene rings is 1. The van der Waals surface area contributed by atoms with E-state index in [2.05, 4.69) is 33.1 Å². The summed E-state index contributed by atoms with van der Waals surface area (Å²) in [5, 5.41) is 3.33. The normalized spacial score (nSPS) is 15.7. The molecular weight excluding hydrogens is 292 g/mol. The summed E-state index contributed by atoms with van der Waals surface area (Å²) in [5.41, 5.74) is 0. The van der Waals surface area contributed by atoms with E-state index in [0.29, 0.717) is 6.04 Å². The van der Waals surface area contributed by atoms with Gasteiger partial charge >= 0.3 is 0 Å². The molecule has 0 bridgehead atoms. The zero-order chi connectivity index (χ0) is 12.8. The van der Waals surface area contributed by atoms with Crippen molar-refractivity contribution in [2.24, 2.45) is 0 Å². The zero-order valence-electron chi connectivity index (χ0n) is 10.9. The third-order valence-corrected chi connectivity index (χ3v) is 3.78. The van der Waals surface area contributed by atoms with E-state index in [9.17, 15) is 0 Å². The Hall–Kier alpha value is -0.580. The van der Waals surface area contributed by atoms with Gasteiger partial charge in [-0.25, -0.2) is 0 Å². The maximum Gasteiger partial charge on any atom is 0.119 e. The molecule has 1 aliphatic heterocycles. The Balaban J connectivity index is 1.73. The maximum atomic E-state index is 5.77. The number of nitrogens with one attached hydrogen (secondary N) is 1. The number of hydrogen-bond donors (Lipinski definition) is 1. The smallest absolute Gasteiger partial charge is 0.119 e. The Morgan fingerprint density at radius 3 is 2.56 bits per heavy atom. The van der Waals surface area contributed by atoms with Crippen LogP contribution < -0.4 is 10.1 Å². The molecule has 1 fully saturated rings. The molecule has 0 amide bonds. The monoisotopic (exact) mass is 312 g/mol. The lowest BCUT2D eigenvalue weighted by atomic mass is 10.1. The van der Waals surface area contributed by atoms with Gasteiger partial charge in [0.25, 0.3) is 0 Å². The molecule has 3 nitrogen and oxygen atoms in total. The Morgan fingerprint density at radius 2 is 2.00 bits per heavy atom. The first-order valence-electron chi connectivity index (χ1n) is 6.62. The van der Waals surface area contributed by atoms with Crippen LogP contribution in [0.15, 0.2) is 28.7 Å². The minimum Gasteiger partial charge on any atom is -0.492 e. The maximum absolute atomic E-state index is 5.77. The van der Waals surface area contributed by atoms with Crippen LogP contribution in [0.25, 0.3) is 0 Å². The van der Waals surface area contributed by atoms with Crippen LogP contribution in [0.4, 0.5) is 0 Å². The summed E-state index contributed by atoms with van der Waals surface area (Å²) in [4.78, 5) is 2.52. The van der Waals surface area contributed by atoms with Crippen molar-refractivity contribution >= 4 is 15.9 Å². The lowest BCUT2D eigenvalue weighted by Crippen LogP contribution is -2.58. The number of ether oxygens (including phenoxy) is 1. The number of nitrogens with zero attached hydrogens (tertiary/aromatic N) is 1. The summed E-state index contributed by atoms with van der Waals surface area (Å²) in [6.45, 7) is 7.41. The summed E-state index contributed by atoms with van der Waals surface area (Å²) in [5.74, 6) is 0.946. The lowest BCUT2D eigenvalue weighted by Gasteiger charge is -2.38. The summed E-state index contributed by atoms with van der Waals surface area (Å²) in [7, 11) is 0. The summed E-state index contributed by atoms with van der Waals surface area (Å²) < 4.78 is 6.86. The molecule has 0 aliphatic carbocycles. The molecule has 2 rings (SSSR count). The standard InChI is InChI=1S/C14H21BrN2O/c1-2-7-17(13-10-16-11-13)8-9-18-14-5-3-12(15)4-6-14/h3-6,13,16H,2,7-11H2,1H3. The van der Waals surface area contributed by atoms with Crippen LogP contribution in [-0.4, -0.2) is 43.7 Å². The molecule has 1 aliphatic rings. The third kappa shape index (κ3) is 3.97. The quantitative estimate of drug-likeness (QED) is 0.837. The van der Waals surface area contributed by atoms with Crippen molar-refractivity contribution in [2.45, 2.75) is 19.4 Å². The number of halogens is 1. The first-order chi connectivity index (χ1) is 8.79. The van der Waals surface area contributed by atoms with E-state index in [-0.39, 0.29) is 0 Å². The Morgan fingerprint density at radius 1 is 1.28 bits per heavy atom. The Bertz CT molecular complexity index is 351. The fraction of sp³-hybridized carbons (Fsp3) is 0.571. The largest absolute Gasteiger partial charge is 0.492 e. The molecule has 0 radical (unpaired) electrons. The van der Waals surface area contributed by atoms with Gasteiger partial charge in [0.1, 0.15) is 12.4 Å². The SMILES string of the molecule is CCCN(CCOc1ccc(Br)cc1)C1CNC1. The highest BCUT2D eigenvalue weighted by Gasteiger charge is 2.23. The van der Waals surface area contributed by atoms with Gasteiger partial charge in [-0.15, -0.1) is 0 Å². The van der Waals surface area contributed by atoms with Gasteiger partial charge in [0, 0.05) is 30.1 Å². The van der Waals surface area contributed by atoms with Gasteiger partial charge < -0.3 is 10.1 Å². The van der Waals surface area contributed by atoms with Gasteiger partial charge in [-0.1, -0.05) is 22.9 Å². The molecular formula is C14H21BrN2O. The fourth-order valence-corrected chi connectivity index (χ4v) is 2.37. The highest BCUT2D eigenvalue weighted by Crippen LogP contribution is 2.16. The van der Waals surface area contributed by atoms with Gasteiger partial charge in [0.05, 0.1) is 0 Å². The summed E-state index contributed by atoms with van der Waals surface area (Å²) in [6.07, 6.45) is 1.20. The first kappa shape index (κ1) is 13.8. The van der Waals surface area contributed by atoms with Gasteiger partial charge in [-0.2, -0.15) is 0 Å². The summed E-state index contributed by atoms with van der Waals surface area (Å²) in [6, 6.07) is 8.72. The molecule has 0 aromatic heterocycles. The molecule has 0 unspecified atom stereocenters. The molecule has 0 atom stereocenters. The molecule has 1 aromatic carbocycles. The van der Waals surface area contributed by atoms with Crippen LogP contribution in [0, 0.1) is 0 Å². The van der Waals surface area contributed by atoms with Gasteiger partial charge in [-0.3, -0.25) is 4.90 Å². The Labute approximate surface area is 118 Å². The number of rotatable bonds is 7. The van der Waals surface area contributed by atoms with Gasteiger partial charge in [0.15, 0.2) is 0 Å². The molecule has 1 aromatic rings. The van der Waals surface area contributed by atoms with E-state index < -0.39 is 0 Å². The van der Waals surface area contributed by atoms with Crippen LogP contribution in [0.2, 0.25) is 0 Å². The van der Waals surface area contributed by atoms with Crippen LogP contribution in [-0.2, 0) is 0 Å². The molecule has 0 spiro atoms. The third-order valence-electron chi connectivity index (χ3n) is 3.25. The van der Waals surface area contributed by atoms with E-state index >= 15 is 0 Å². The topological polar surface area (TPSA) is 24.5 Å². The van der Waals surface area contributed by atoms with Crippen molar-refractivity contribution in [1.29, 1.82) is 0 Å². The van der Waals surface area contributed by atoms with E-state index in [4.69, 9.17) is 4.74 Å².